The molecule has 0 aromatic heterocycles. The molecule has 1 aliphatic rings. The molecule has 2 rings (SSSR count). The zero-order chi connectivity index (χ0) is 14.4. The van der Waals surface area contributed by atoms with Crippen LogP contribution in [0.25, 0.3) is 0 Å². The van der Waals surface area contributed by atoms with Crippen molar-refractivity contribution in [2.45, 2.75) is 31.7 Å². The maximum absolute atomic E-state index is 11.8. The van der Waals surface area contributed by atoms with Crippen LogP contribution in [0, 0.1) is 17.2 Å². The quantitative estimate of drug-likeness (QED) is 0.789. The zero-order valence-electron chi connectivity index (χ0n) is 11.3. The first-order valence-corrected chi connectivity index (χ1v) is 6.90. The average molecular weight is 273 g/mol. The number of carbonyl (C=O) groups excluding carboxylic acids is 1. The van der Waals surface area contributed by atoms with Gasteiger partial charge in [0.2, 0.25) is 0 Å². The number of hydrogen-bond acceptors (Lipinski definition) is 3. The first-order valence-electron chi connectivity index (χ1n) is 6.90. The van der Waals surface area contributed by atoms with Crippen LogP contribution in [-0.4, -0.2) is 23.8 Å². The van der Waals surface area contributed by atoms with E-state index in [1.807, 2.05) is 6.07 Å². The van der Waals surface area contributed by atoms with Crippen molar-refractivity contribution >= 4 is 11.7 Å². The molecule has 106 valence electrons. The number of anilines is 1. The number of urea groups is 1. The minimum atomic E-state index is -0.220. The summed E-state index contributed by atoms with van der Waals surface area (Å²) in [5.41, 5.74) is 1.24. The molecule has 0 atom stereocenters. The van der Waals surface area contributed by atoms with Crippen molar-refractivity contribution in [3.05, 3.63) is 29.8 Å². The highest BCUT2D eigenvalue weighted by Gasteiger charge is 2.21. The second-order valence-corrected chi connectivity index (χ2v) is 5.19. The standard InChI is InChI=1S/C15H19N3O2/c16-9-11-1-5-13(6-2-11)17-15(20)18-14-7-3-12(10-19)4-8-14/h1-2,5-6,12,14,19H,3-4,7-8,10H2,(H2,17,18,20). The van der Waals surface area contributed by atoms with E-state index in [2.05, 4.69) is 10.6 Å². The summed E-state index contributed by atoms with van der Waals surface area (Å²) in [7, 11) is 0. The fourth-order valence-corrected chi connectivity index (χ4v) is 2.47. The molecule has 2 amide bonds. The molecule has 0 bridgehead atoms. The number of aliphatic hydroxyl groups is 1. The number of benzene rings is 1. The molecule has 20 heavy (non-hydrogen) atoms. The topological polar surface area (TPSA) is 85.2 Å². The summed E-state index contributed by atoms with van der Waals surface area (Å²) in [6.45, 7) is 0.240. The normalized spacial score (nSPS) is 21.8. The minimum absolute atomic E-state index is 0.177. The van der Waals surface area contributed by atoms with E-state index in [4.69, 9.17) is 10.4 Å². The third-order valence-electron chi connectivity index (χ3n) is 3.71. The van der Waals surface area contributed by atoms with Crippen LogP contribution in [0.1, 0.15) is 31.2 Å². The van der Waals surface area contributed by atoms with Gasteiger partial charge in [0.1, 0.15) is 0 Å². The van der Waals surface area contributed by atoms with Crippen LogP contribution in [0.2, 0.25) is 0 Å². The summed E-state index contributed by atoms with van der Waals surface area (Å²) in [6.07, 6.45) is 3.73. The number of nitriles is 1. The Morgan fingerprint density at radius 1 is 1.25 bits per heavy atom. The fourth-order valence-electron chi connectivity index (χ4n) is 2.47. The molecule has 5 heteroatoms. The van der Waals surface area contributed by atoms with Crippen molar-refractivity contribution in [1.29, 1.82) is 5.26 Å². The summed E-state index contributed by atoms with van der Waals surface area (Å²) < 4.78 is 0. The van der Waals surface area contributed by atoms with E-state index < -0.39 is 0 Å². The summed E-state index contributed by atoms with van der Waals surface area (Å²) in [4.78, 5) is 11.8. The first-order chi connectivity index (χ1) is 9.71. The van der Waals surface area contributed by atoms with E-state index >= 15 is 0 Å². The lowest BCUT2D eigenvalue weighted by Gasteiger charge is -2.27. The van der Waals surface area contributed by atoms with Gasteiger partial charge in [-0.1, -0.05) is 0 Å². The Morgan fingerprint density at radius 3 is 2.45 bits per heavy atom. The molecule has 0 unspecified atom stereocenters. The first kappa shape index (κ1) is 14.4. The number of carbonyl (C=O) groups is 1. The fraction of sp³-hybridized carbons (Fsp3) is 0.467. The van der Waals surface area contributed by atoms with Gasteiger partial charge in [0.15, 0.2) is 0 Å². The number of rotatable bonds is 3. The maximum atomic E-state index is 11.8. The minimum Gasteiger partial charge on any atom is -0.396 e. The molecule has 1 aromatic rings. The molecule has 0 heterocycles. The third kappa shape index (κ3) is 3.97. The lowest BCUT2D eigenvalue weighted by molar-refractivity contribution is 0.176. The van der Waals surface area contributed by atoms with Gasteiger partial charge >= 0.3 is 6.03 Å². The predicted octanol–water partition coefficient (Wildman–Crippen LogP) is 2.23. The molecule has 0 saturated heterocycles. The molecule has 0 aliphatic heterocycles. The van der Waals surface area contributed by atoms with Crippen molar-refractivity contribution in [2.24, 2.45) is 5.92 Å². The highest BCUT2D eigenvalue weighted by Crippen LogP contribution is 2.23. The molecular weight excluding hydrogens is 254 g/mol. The SMILES string of the molecule is N#Cc1ccc(NC(=O)NC2CCC(CO)CC2)cc1. The number of nitrogens with one attached hydrogen (secondary N) is 2. The Kier molecular flexibility index (Phi) is 4.97. The van der Waals surface area contributed by atoms with E-state index in [1.54, 1.807) is 24.3 Å². The Morgan fingerprint density at radius 2 is 1.90 bits per heavy atom. The van der Waals surface area contributed by atoms with Gasteiger partial charge in [0, 0.05) is 18.3 Å². The summed E-state index contributed by atoms with van der Waals surface area (Å²) >= 11 is 0. The van der Waals surface area contributed by atoms with Crippen molar-refractivity contribution in [1.82, 2.24) is 5.32 Å². The van der Waals surface area contributed by atoms with E-state index in [0.29, 0.717) is 17.2 Å². The van der Waals surface area contributed by atoms with Crippen LogP contribution in [0.3, 0.4) is 0 Å². The number of hydrogen-bond donors (Lipinski definition) is 3. The Bertz CT molecular complexity index is 485. The van der Waals surface area contributed by atoms with Gasteiger partial charge in [-0.05, 0) is 55.9 Å². The average Bonchev–Trinajstić information content (AvgIpc) is 2.49. The van der Waals surface area contributed by atoms with Gasteiger partial charge in [-0.3, -0.25) is 0 Å². The zero-order valence-corrected chi connectivity index (χ0v) is 11.3. The third-order valence-corrected chi connectivity index (χ3v) is 3.71. The van der Waals surface area contributed by atoms with E-state index in [1.165, 1.54) is 0 Å². The molecule has 0 spiro atoms. The number of aliphatic hydroxyl groups excluding tert-OH is 1. The van der Waals surface area contributed by atoms with Gasteiger partial charge in [-0.15, -0.1) is 0 Å². The second kappa shape index (κ2) is 6.92. The molecule has 3 N–H and O–H groups in total. The maximum Gasteiger partial charge on any atom is 0.319 e. The highest BCUT2D eigenvalue weighted by molar-refractivity contribution is 5.89. The highest BCUT2D eigenvalue weighted by atomic mass is 16.3. The number of nitrogens with zero attached hydrogens (tertiary/aromatic N) is 1. The Balaban J connectivity index is 1.79. The van der Waals surface area contributed by atoms with Crippen molar-refractivity contribution in [3.8, 4) is 6.07 Å². The molecular formula is C15H19N3O2. The van der Waals surface area contributed by atoms with Crippen LogP contribution in [0.15, 0.2) is 24.3 Å². The molecule has 1 fully saturated rings. The smallest absolute Gasteiger partial charge is 0.319 e. The largest absolute Gasteiger partial charge is 0.396 e. The van der Waals surface area contributed by atoms with Gasteiger partial charge in [0.05, 0.1) is 11.6 Å². The van der Waals surface area contributed by atoms with Crippen LogP contribution in [0.4, 0.5) is 10.5 Å². The Hall–Kier alpha value is -2.06. The molecule has 1 saturated carbocycles. The van der Waals surface area contributed by atoms with Crippen molar-refractivity contribution < 1.29 is 9.90 Å². The van der Waals surface area contributed by atoms with Gasteiger partial charge in [-0.2, -0.15) is 5.26 Å². The van der Waals surface area contributed by atoms with Crippen molar-refractivity contribution in [3.63, 3.8) is 0 Å². The van der Waals surface area contributed by atoms with Crippen LogP contribution >= 0.6 is 0 Å². The van der Waals surface area contributed by atoms with Gasteiger partial charge in [-0.25, -0.2) is 4.79 Å². The van der Waals surface area contributed by atoms with Gasteiger partial charge < -0.3 is 15.7 Å². The Labute approximate surface area is 118 Å². The van der Waals surface area contributed by atoms with E-state index in [9.17, 15) is 4.79 Å². The molecule has 0 radical (unpaired) electrons. The lowest BCUT2D eigenvalue weighted by atomic mass is 9.87. The predicted molar refractivity (Wildman–Crippen MR) is 76.1 cm³/mol. The summed E-state index contributed by atoms with van der Waals surface area (Å²) in [6, 6.07) is 8.75. The molecule has 1 aromatic carbocycles. The lowest BCUT2D eigenvalue weighted by Crippen LogP contribution is -2.40. The van der Waals surface area contributed by atoms with E-state index in [0.717, 1.165) is 25.7 Å². The summed E-state index contributed by atoms with van der Waals surface area (Å²) in [5, 5.41) is 23.5. The molecule has 5 nitrogen and oxygen atoms in total. The summed E-state index contributed by atoms with van der Waals surface area (Å²) in [5.74, 6) is 0.384. The van der Waals surface area contributed by atoms with Crippen LogP contribution in [-0.2, 0) is 0 Å². The van der Waals surface area contributed by atoms with Crippen LogP contribution < -0.4 is 10.6 Å². The van der Waals surface area contributed by atoms with Crippen molar-refractivity contribution in [2.75, 3.05) is 11.9 Å². The van der Waals surface area contributed by atoms with E-state index in [-0.39, 0.29) is 18.7 Å². The van der Waals surface area contributed by atoms with Gasteiger partial charge in [0.25, 0.3) is 0 Å². The molecule has 1 aliphatic carbocycles. The number of amides is 2. The second-order valence-electron chi connectivity index (χ2n) is 5.19. The van der Waals surface area contributed by atoms with Crippen LogP contribution in [0.5, 0.6) is 0 Å². The monoisotopic (exact) mass is 273 g/mol.